The Hall–Kier alpha value is -3.30. The monoisotopic (exact) mass is 471 g/mol. The summed E-state index contributed by atoms with van der Waals surface area (Å²) >= 11 is 8.50. The number of anilines is 2. The highest BCUT2D eigenvalue weighted by Gasteiger charge is 2.10. The Kier molecular flexibility index (Phi) is 6.53. The minimum Gasteiger partial charge on any atom is -0.432 e. The molecule has 0 radical (unpaired) electrons. The van der Waals surface area contributed by atoms with Gasteiger partial charge in [-0.05, 0) is 54.7 Å². The molecule has 0 heterocycles. The van der Waals surface area contributed by atoms with E-state index in [0.717, 1.165) is 4.47 Å². The zero-order valence-corrected chi connectivity index (χ0v) is 17.2. The van der Waals surface area contributed by atoms with Crippen molar-refractivity contribution in [2.24, 2.45) is 0 Å². The van der Waals surface area contributed by atoms with Crippen molar-refractivity contribution in [1.82, 2.24) is 0 Å². The third-order valence-corrected chi connectivity index (χ3v) is 4.37. The van der Waals surface area contributed by atoms with Gasteiger partial charge in [-0.1, -0.05) is 34.1 Å². The molecule has 3 rings (SSSR count). The van der Waals surface area contributed by atoms with Crippen LogP contribution in [0.15, 0.2) is 77.3 Å². The van der Waals surface area contributed by atoms with Crippen molar-refractivity contribution in [3.8, 4) is 5.75 Å². The third kappa shape index (κ3) is 5.84. The second kappa shape index (κ2) is 9.26. The second-order valence-corrected chi connectivity index (χ2v) is 7.10. The van der Waals surface area contributed by atoms with Crippen LogP contribution in [-0.2, 0) is 0 Å². The molecular weight excluding hydrogens is 458 g/mol. The number of ether oxygens (including phenoxy) is 1. The first kappa shape index (κ1) is 20.4. The topological polar surface area (TPSA) is 93.5 Å². The zero-order valence-electron chi connectivity index (χ0n) is 14.8. The van der Waals surface area contributed by atoms with Gasteiger partial charge < -0.3 is 15.4 Å². The van der Waals surface area contributed by atoms with Gasteiger partial charge in [-0.2, -0.15) is 0 Å². The minimum atomic E-state index is -0.498. The van der Waals surface area contributed by atoms with Gasteiger partial charge in [0.25, 0.3) is 16.8 Å². The highest BCUT2D eigenvalue weighted by Crippen LogP contribution is 2.20. The molecule has 0 unspecified atom stereocenters. The average Bonchev–Trinajstić information content (AvgIpc) is 2.68. The maximum Gasteiger partial charge on any atom is 0.271 e. The van der Waals surface area contributed by atoms with Gasteiger partial charge in [0, 0.05) is 33.5 Å². The van der Waals surface area contributed by atoms with Gasteiger partial charge in [0.1, 0.15) is 5.75 Å². The molecule has 9 heteroatoms. The second-order valence-electron chi connectivity index (χ2n) is 5.81. The Morgan fingerprint density at radius 3 is 2.38 bits per heavy atom. The van der Waals surface area contributed by atoms with Crippen molar-refractivity contribution < 1.29 is 14.5 Å². The van der Waals surface area contributed by atoms with E-state index in [4.69, 9.17) is 17.0 Å². The van der Waals surface area contributed by atoms with E-state index in [9.17, 15) is 14.9 Å². The first-order chi connectivity index (χ1) is 13.9. The number of hydrogen-bond acceptors (Lipinski definition) is 5. The van der Waals surface area contributed by atoms with Gasteiger partial charge in [0.15, 0.2) is 0 Å². The molecule has 0 saturated carbocycles. The number of hydrogen-bond donors (Lipinski definition) is 2. The van der Waals surface area contributed by atoms with Crippen molar-refractivity contribution >= 4 is 56.3 Å². The van der Waals surface area contributed by atoms with Crippen LogP contribution in [0.5, 0.6) is 5.75 Å². The molecular formula is C20H14BrN3O4S. The number of nitrogens with zero attached hydrogens (tertiary/aromatic N) is 1. The first-order valence-corrected chi connectivity index (χ1v) is 9.51. The number of thiocarbonyl (C=S) groups is 1. The van der Waals surface area contributed by atoms with Gasteiger partial charge in [-0.3, -0.25) is 14.9 Å². The lowest BCUT2D eigenvalue weighted by molar-refractivity contribution is -0.384. The van der Waals surface area contributed by atoms with Crippen LogP contribution in [0.4, 0.5) is 17.1 Å². The number of nitro groups is 1. The molecule has 0 saturated heterocycles. The first-order valence-electron chi connectivity index (χ1n) is 8.31. The molecule has 0 aliphatic carbocycles. The minimum absolute atomic E-state index is 0.00459. The lowest BCUT2D eigenvalue weighted by Gasteiger charge is -2.11. The molecule has 0 bridgehead atoms. The highest BCUT2D eigenvalue weighted by molar-refractivity contribution is 9.10. The van der Waals surface area contributed by atoms with Gasteiger partial charge in [-0.25, -0.2) is 0 Å². The maximum atomic E-state index is 12.5. The predicted molar refractivity (Wildman–Crippen MR) is 118 cm³/mol. The fourth-order valence-electron chi connectivity index (χ4n) is 2.42. The molecule has 0 atom stereocenters. The number of carbonyl (C=O) groups is 1. The van der Waals surface area contributed by atoms with Crippen LogP contribution in [0.25, 0.3) is 0 Å². The zero-order chi connectivity index (χ0) is 20.8. The summed E-state index contributed by atoms with van der Waals surface area (Å²) < 4.78 is 6.39. The third-order valence-electron chi connectivity index (χ3n) is 3.69. The Bertz CT molecular complexity index is 1090. The molecule has 0 spiro atoms. The van der Waals surface area contributed by atoms with Crippen molar-refractivity contribution in [2.45, 2.75) is 0 Å². The van der Waals surface area contributed by atoms with E-state index in [-0.39, 0.29) is 16.8 Å². The average molecular weight is 472 g/mol. The Balaban J connectivity index is 1.66. The molecule has 146 valence electrons. The number of non-ortho nitro benzene ring substituents is 1. The normalized spacial score (nSPS) is 10.1. The molecule has 0 fully saturated rings. The van der Waals surface area contributed by atoms with E-state index in [2.05, 4.69) is 26.6 Å². The molecule has 0 aliphatic heterocycles. The van der Waals surface area contributed by atoms with Crippen LogP contribution in [0.2, 0.25) is 0 Å². The molecule has 29 heavy (non-hydrogen) atoms. The fraction of sp³-hybridized carbons (Fsp3) is 0. The van der Waals surface area contributed by atoms with Crippen LogP contribution >= 0.6 is 28.1 Å². The largest absolute Gasteiger partial charge is 0.432 e. The van der Waals surface area contributed by atoms with Gasteiger partial charge >= 0.3 is 0 Å². The predicted octanol–water partition coefficient (Wildman–Crippen LogP) is 5.39. The summed E-state index contributed by atoms with van der Waals surface area (Å²) in [7, 11) is 0. The molecule has 1 amide bonds. The van der Waals surface area contributed by atoms with E-state index in [1.54, 1.807) is 42.5 Å². The number of halogens is 1. The lowest BCUT2D eigenvalue weighted by atomic mass is 10.2. The van der Waals surface area contributed by atoms with E-state index in [1.165, 1.54) is 18.2 Å². The summed E-state index contributed by atoms with van der Waals surface area (Å²) in [6.45, 7) is 0. The summed E-state index contributed by atoms with van der Waals surface area (Å²) in [5.41, 5.74) is 1.40. The fourth-order valence-corrected chi connectivity index (χ4v) is 3.03. The summed E-state index contributed by atoms with van der Waals surface area (Å²) in [6, 6.07) is 19.7. The van der Waals surface area contributed by atoms with E-state index in [0.29, 0.717) is 22.7 Å². The highest BCUT2D eigenvalue weighted by atomic mass is 79.9. The van der Waals surface area contributed by atoms with Crippen molar-refractivity contribution in [2.75, 3.05) is 10.6 Å². The lowest BCUT2D eigenvalue weighted by Crippen LogP contribution is -2.17. The van der Waals surface area contributed by atoms with Crippen LogP contribution in [0.1, 0.15) is 10.4 Å². The molecule has 2 N–H and O–H groups in total. The smallest absolute Gasteiger partial charge is 0.271 e. The summed E-state index contributed by atoms with van der Waals surface area (Å²) in [5.74, 6) is 0.0564. The van der Waals surface area contributed by atoms with Crippen molar-refractivity contribution in [3.05, 3.63) is 92.9 Å². The summed E-state index contributed by atoms with van der Waals surface area (Å²) in [4.78, 5) is 22.8. The number of nitrogens with one attached hydrogen (secondary N) is 2. The van der Waals surface area contributed by atoms with Crippen LogP contribution < -0.4 is 15.4 Å². The van der Waals surface area contributed by atoms with Gasteiger partial charge in [0.2, 0.25) is 0 Å². The summed E-state index contributed by atoms with van der Waals surface area (Å²) in [6.07, 6.45) is 0. The molecule has 0 aromatic heterocycles. The van der Waals surface area contributed by atoms with Crippen molar-refractivity contribution in [1.29, 1.82) is 0 Å². The SMILES string of the molecule is O=C(Nc1cccc(Br)c1)c1cccc(OC(=S)Nc2cccc([N+](=O)[O-])c2)c1. The Labute approximate surface area is 180 Å². The van der Waals surface area contributed by atoms with Gasteiger partial charge in [0.05, 0.1) is 4.92 Å². The van der Waals surface area contributed by atoms with Crippen LogP contribution in [0.3, 0.4) is 0 Å². The standard InChI is InChI=1S/C20H14BrN3O4S/c21-14-5-2-6-15(11-14)22-19(25)13-4-1-9-18(10-13)28-20(29)23-16-7-3-8-17(12-16)24(26)27/h1-12H,(H,22,25)(H,23,29). The molecule has 3 aromatic rings. The Morgan fingerprint density at radius 1 is 0.966 bits per heavy atom. The van der Waals surface area contributed by atoms with Crippen molar-refractivity contribution in [3.63, 3.8) is 0 Å². The Morgan fingerprint density at radius 2 is 1.66 bits per heavy atom. The number of benzene rings is 3. The molecule has 7 nitrogen and oxygen atoms in total. The van der Waals surface area contributed by atoms with Crippen LogP contribution in [-0.4, -0.2) is 16.0 Å². The maximum absolute atomic E-state index is 12.5. The van der Waals surface area contributed by atoms with E-state index >= 15 is 0 Å². The summed E-state index contributed by atoms with van der Waals surface area (Å²) in [5, 5.41) is 16.4. The molecule has 3 aromatic carbocycles. The van der Waals surface area contributed by atoms with Gasteiger partial charge in [-0.15, -0.1) is 0 Å². The molecule has 0 aliphatic rings. The van der Waals surface area contributed by atoms with Crippen LogP contribution in [0, 0.1) is 10.1 Å². The number of amides is 1. The quantitative estimate of drug-likeness (QED) is 0.294. The van der Waals surface area contributed by atoms with E-state index < -0.39 is 4.92 Å². The number of carbonyl (C=O) groups excluding carboxylic acids is 1. The number of rotatable bonds is 5. The van der Waals surface area contributed by atoms with E-state index in [1.807, 2.05) is 12.1 Å². The number of nitro benzene ring substituents is 1.